The molecule has 4 nitrogen and oxygen atoms in total. The number of hydrogen-bond donors (Lipinski definition) is 0. The van der Waals surface area contributed by atoms with Gasteiger partial charge in [-0.1, -0.05) is 26.7 Å². The third kappa shape index (κ3) is 2.84. The fourth-order valence-electron chi connectivity index (χ4n) is 3.46. The van der Waals surface area contributed by atoms with Gasteiger partial charge in [0.25, 0.3) is 0 Å². The summed E-state index contributed by atoms with van der Waals surface area (Å²) in [5.74, 6) is 0.586. The Morgan fingerprint density at radius 3 is 2.05 bits per heavy atom. The first kappa shape index (κ1) is 15.3. The summed E-state index contributed by atoms with van der Waals surface area (Å²) in [7, 11) is 0. The maximum atomic E-state index is 12.5. The van der Waals surface area contributed by atoms with E-state index in [2.05, 4.69) is 13.8 Å². The van der Waals surface area contributed by atoms with Gasteiger partial charge in [-0.15, -0.1) is 0 Å². The average Bonchev–Trinajstić information content (AvgIpc) is 2.91. The molecule has 0 unspecified atom stereocenters. The summed E-state index contributed by atoms with van der Waals surface area (Å²) in [6.07, 6.45) is 5.02. The number of nitrogens with zero attached hydrogens (tertiary/aromatic N) is 2. The van der Waals surface area contributed by atoms with Gasteiger partial charge in [0, 0.05) is 12.1 Å². The molecule has 0 N–H and O–H groups in total. The van der Waals surface area contributed by atoms with E-state index < -0.39 is 0 Å². The van der Waals surface area contributed by atoms with Crippen molar-refractivity contribution in [1.82, 2.24) is 9.80 Å². The molecule has 3 amide bonds. The van der Waals surface area contributed by atoms with Crippen molar-refractivity contribution in [1.29, 1.82) is 0 Å². The van der Waals surface area contributed by atoms with Crippen LogP contribution in [-0.2, 0) is 4.79 Å². The highest BCUT2D eigenvalue weighted by Gasteiger charge is 2.44. The molecule has 0 radical (unpaired) electrons. The van der Waals surface area contributed by atoms with Gasteiger partial charge in [0.1, 0.15) is 6.54 Å². The van der Waals surface area contributed by atoms with E-state index in [1.807, 2.05) is 20.8 Å². The van der Waals surface area contributed by atoms with Crippen molar-refractivity contribution < 1.29 is 9.59 Å². The van der Waals surface area contributed by atoms with E-state index in [4.69, 9.17) is 0 Å². The molecule has 0 bridgehead atoms. The first-order valence-electron chi connectivity index (χ1n) is 7.75. The van der Waals surface area contributed by atoms with Crippen LogP contribution >= 0.6 is 0 Å². The van der Waals surface area contributed by atoms with Crippen molar-refractivity contribution in [3.05, 3.63) is 0 Å². The molecule has 0 aromatic carbocycles. The van der Waals surface area contributed by atoms with Crippen molar-refractivity contribution in [2.24, 2.45) is 11.3 Å². The average molecular weight is 280 g/mol. The van der Waals surface area contributed by atoms with Crippen molar-refractivity contribution in [3.63, 3.8) is 0 Å². The summed E-state index contributed by atoms with van der Waals surface area (Å²) in [6, 6.07) is -0.117. The Hall–Kier alpha value is -1.06. The van der Waals surface area contributed by atoms with E-state index in [-0.39, 0.29) is 29.4 Å². The van der Waals surface area contributed by atoms with Gasteiger partial charge in [-0.3, -0.25) is 9.69 Å². The van der Waals surface area contributed by atoms with Gasteiger partial charge in [0.05, 0.1) is 0 Å². The van der Waals surface area contributed by atoms with E-state index in [1.165, 1.54) is 30.6 Å². The molecular formula is C16H28N2O2. The second-order valence-corrected chi connectivity index (χ2v) is 7.99. The summed E-state index contributed by atoms with van der Waals surface area (Å²) in [5, 5.41) is 0. The number of hydrogen-bond acceptors (Lipinski definition) is 2. The minimum atomic E-state index is -0.293. The highest BCUT2D eigenvalue weighted by atomic mass is 16.2. The third-order valence-corrected chi connectivity index (χ3v) is 4.89. The van der Waals surface area contributed by atoms with Gasteiger partial charge in [-0.2, -0.15) is 0 Å². The van der Waals surface area contributed by atoms with Crippen molar-refractivity contribution in [3.8, 4) is 0 Å². The largest absolute Gasteiger partial charge is 0.327 e. The van der Waals surface area contributed by atoms with E-state index in [0.29, 0.717) is 12.5 Å². The Morgan fingerprint density at radius 2 is 1.60 bits per heavy atom. The number of carbonyl (C=O) groups is 2. The van der Waals surface area contributed by atoms with Crippen LogP contribution < -0.4 is 0 Å². The zero-order valence-electron chi connectivity index (χ0n) is 13.5. The van der Waals surface area contributed by atoms with Crippen LogP contribution in [0.1, 0.15) is 60.3 Å². The van der Waals surface area contributed by atoms with Gasteiger partial charge >= 0.3 is 6.03 Å². The quantitative estimate of drug-likeness (QED) is 0.744. The van der Waals surface area contributed by atoms with Gasteiger partial charge in [0.2, 0.25) is 5.91 Å². The zero-order valence-corrected chi connectivity index (χ0v) is 13.5. The van der Waals surface area contributed by atoms with Crippen LogP contribution in [0.15, 0.2) is 0 Å². The molecule has 1 aliphatic heterocycles. The van der Waals surface area contributed by atoms with Crippen LogP contribution in [0, 0.1) is 11.3 Å². The monoisotopic (exact) mass is 280 g/mol. The van der Waals surface area contributed by atoms with Gasteiger partial charge in [-0.25, -0.2) is 4.79 Å². The van der Waals surface area contributed by atoms with Crippen molar-refractivity contribution in [2.75, 3.05) is 13.1 Å². The van der Waals surface area contributed by atoms with Crippen LogP contribution in [0.5, 0.6) is 0 Å². The standard InChI is InChI=1S/C16H28N2O2/c1-15(2,3)18-10-13(19)17(14(18)20)11-16(4,5)12-8-6-7-9-12/h12H,6-11H2,1-5H3. The number of urea groups is 1. The minimum Gasteiger partial charge on any atom is -0.310 e. The summed E-state index contributed by atoms with van der Waals surface area (Å²) in [6.45, 7) is 11.1. The van der Waals surface area contributed by atoms with Crippen LogP contribution in [0.25, 0.3) is 0 Å². The molecule has 114 valence electrons. The Kier molecular flexibility index (Phi) is 3.87. The summed E-state index contributed by atoms with van der Waals surface area (Å²) >= 11 is 0. The van der Waals surface area contributed by atoms with E-state index in [1.54, 1.807) is 4.90 Å². The topological polar surface area (TPSA) is 40.6 Å². The molecule has 2 rings (SSSR count). The lowest BCUT2D eigenvalue weighted by Gasteiger charge is -2.36. The van der Waals surface area contributed by atoms with E-state index in [0.717, 1.165) is 0 Å². The van der Waals surface area contributed by atoms with E-state index in [9.17, 15) is 9.59 Å². The smallest absolute Gasteiger partial charge is 0.310 e. The normalized spacial score (nSPS) is 22.2. The Balaban J connectivity index is 2.09. The molecule has 1 saturated heterocycles. The maximum Gasteiger partial charge on any atom is 0.327 e. The molecule has 0 atom stereocenters. The maximum absolute atomic E-state index is 12.5. The Labute approximate surface area is 122 Å². The highest BCUT2D eigenvalue weighted by molar-refractivity contribution is 6.02. The second kappa shape index (κ2) is 5.05. The van der Waals surface area contributed by atoms with Gasteiger partial charge < -0.3 is 4.90 Å². The molecule has 0 spiro atoms. The molecule has 1 saturated carbocycles. The van der Waals surface area contributed by atoms with Crippen LogP contribution in [0.4, 0.5) is 4.79 Å². The molecule has 2 aliphatic rings. The fraction of sp³-hybridized carbons (Fsp3) is 0.875. The van der Waals surface area contributed by atoms with Crippen LogP contribution in [0.3, 0.4) is 0 Å². The Morgan fingerprint density at radius 1 is 1.05 bits per heavy atom. The number of rotatable bonds is 3. The summed E-state index contributed by atoms with van der Waals surface area (Å²) in [5.41, 5.74) is -0.269. The minimum absolute atomic E-state index is 0.0235. The summed E-state index contributed by atoms with van der Waals surface area (Å²) in [4.78, 5) is 27.8. The van der Waals surface area contributed by atoms with Gasteiger partial charge in [0.15, 0.2) is 0 Å². The lowest BCUT2D eigenvalue weighted by Crippen LogP contribution is -2.46. The van der Waals surface area contributed by atoms with E-state index >= 15 is 0 Å². The highest BCUT2D eigenvalue weighted by Crippen LogP contribution is 2.40. The molecular weight excluding hydrogens is 252 g/mol. The SMILES string of the molecule is CC(C)(CN1C(=O)CN(C(C)(C)C)C1=O)C1CCCC1. The van der Waals surface area contributed by atoms with Crippen LogP contribution in [-0.4, -0.2) is 40.4 Å². The predicted molar refractivity (Wildman–Crippen MR) is 79.3 cm³/mol. The summed E-state index contributed by atoms with van der Waals surface area (Å²) < 4.78 is 0. The zero-order chi connectivity index (χ0) is 15.1. The second-order valence-electron chi connectivity index (χ2n) is 7.99. The molecule has 2 fully saturated rings. The first-order chi connectivity index (χ1) is 9.13. The molecule has 4 heteroatoms. The molecule has 0 aromatic heterocycles. The van der Waals surface area contributed by atoms with Crippen molar-refractivity contribution >= 4 is 11.9 Å². The fourth-order valence-corrected chi connectivity index (χ4v) is 3.46. The lowest BCUT2D eigenvalue weighted by molar-refractivity contribution is -0.126. The lowest BCUT2D eigenvalue weighted by atomic mass is 9.77. The molecule has 1 aliphatic carbocycles. The third-order valence-electron chi connectivity index (χ3n) is 4.89. The van der Waals surface area contributed by atoms with Crippen molar-refractivity contribution in [2.45, 2.75) is 65.8 Å². The molecule has 20 heavy (non-hydrogen) atoms. The van der Waals surface area contributed by atoms with Gasteiger partial charge in [-0.05, 0) is 44.9 Å². The number of imide groups is 1. The molecule has 0 aromatic rings. The molecule has 1 heterocycles. The number of carbonyl (C=O) groups excluding carboxylic acids is 2. The Bertz CT molecular complexity index is 403. The van der Waals surface area contributed by atoms with Crippen LogP contribution in [0.2, 0.25) is 0 Å². The first-order valence-corrected chi connectivity index (χ1v) is 7.75. The predicted octanol–water partition coefficient (Wildman–Crippen LogP) is 3.27. The number of amides is 3.